The molecule has 0 unspecified atom stereocenters. The van der Waals surface area contributed by atoms with Gasteiger partial charge in [0.2, 0.25) is 5.91 Å². The monoisotopic (exact) mass is 379 g/mol. The van der Waals surface area contributed by atoms with Crippen molar-refractivity contribution in [1.82, 2.24) is 10.3 Å². The second-order valence-corrected chi connectivity index (χ2v) is 6.39. The maximum Gasteiger partial charge on any atom is 0.419 e. The van der Waals surface area contributed by atoms with Crippen LogP contribution in [-0.2, 0) is 15.7 Å². The summed E-state index contributed by atoms with van der Waals surface area (Å²) in [6.45, 7) is 0.755. The van der Waals surface area contributed by atoms with E-state index in [2.05, 4.69) is 10.3 Å². The normalized spacial score (nSPS) is 23.3. The fourth-order valence-electron chi connectivity index (χ4n) is 3.41. The molecular weight excluding hydrogens is 359 g/mol. The molecule has 1 aliphatic carbocycles. The summed E-state index contributed by atoms with van der Waals surface area (Å²) >= 11 is 0. The number of halogens is 4. The minimum atomic E-state index is -4.45. The average Bonchev–Trinajstić information content (AvgIpc) is 3.28. The Labute approximate surface area is 150 Å². The van der Waals surface area contributed by atoms with Crippen molar-refractivity contribution in [2.45, 2.75) is 25.1 Å². The summed E-state index contributed by atoms with van der Waals surface area (Å²) in [5.41, 5.74) is -0.733. The van der Waals surface area contributed by atoms with Crippen LogP contribution < -0.4 is 10.2 Å². The van der Waals surface area contributed by atoms with Crippen LogP contribution in [-0.4, -0.2) is 43.7 Å². The Morgan fingerprint density at radius 3 is 2.72 bits per heavy atom. The lowest BCUT2D eigenvalue weighted by molar-refractivity contribution is -0.137. The van der Waals surface area contributed by atoms with Gasteiger partial charge in [0.1, 0.15) is 12.4 Å². The minimum absolute atomic E-state index is 0. The number of methoxy groups -OCH3 is 1. The van der Waals surface area contributed by atoms with Crippen molar-refractivity contribution in [3.63, 3.8) is 0 Å². The first-order valence-corrected chi connectivity index (χ1v) is 7.95. The van der Waals surface area contributed by atoms with Gasteiger partial charge in [0, 0.05) is 32.3 Å². The summed E-state index contributed by atoms with van der Waals surface area (Å²) in [5, 5.41) is 2.89. The van der Waals surface area contributed by atoms with Gasteiger partial charge in [-0.15, -0.1) is 12.4 Å². The second kappa shape index (κ2) is 7.78. The van der Waals surface area contributed by atoms with Gasteiger partial charge in [0.25, 0.3) is 0 Å². The summed E-state index contributed by atoms with van der Waals surface area (Å²) in [4.78, 5) is 17.4. The van der Waals surface area contributed by atoms with E-state index in [1.807, 2.05) is 0 Å². The van der Waals surface area contributed by atoms with Gasteiger partial charge in [-0.05, 0) is 30.9 Å². The molecule has 1 saturated heterocycles. The molecule has 2 fully saturated rings. The van der Waals surface area contributed by atoms with Crippen LogP contribution in [0.15, 0.2) is 18.3 Å². The largest absolute Gasteiger partial charge is 0.419 e. The van der Waals surface area contributed by atoms with Crippen molar-refractivity contribution in [2.75, 3.05) is 31.7 Å². The summed E-state index contributed by atoms with van der Waals surface area (Å²) in [6.07, 6.45) is -0.962. The number of nitrogens with one attached hydrogen (secondary N) is 1. The Morgan fingerprint density at radius 2 is 2.12 bits per heavy atom. The third-order valence-corrected chi connectivity index (χ3v) is 4.61. The van der Waals surface area contributed by atoms with Crippen LogP contribution in [0.4, 0.5) is 19.0 Å². The van der Waals surface area contributed by atoms with Gasteiger partial charge >= 0.3 is 6.18 Å². The molecule has 0 radical (unpaired) electrons. The van der Waals surface area contributed by atoms with E-state index in [1.165, 1.54) is 19.4 Å². The van der Waals surface area contributed by atoms with Gasteiger partial charge in [0.05, 0.1) is 11.6 Å². The Kier molecular flexibility index (Phi) is 6.16. The maximum atomic E-state index is 13.2. The van der Waals surface area contributed by atoms with E-state index in [4.69, 9.17) is 4.74 Å². The molecule has 2 aliphatic rings. The van der Waals surface area contributed by atoms with Crippen molar-refractivity contribution >= 4 is 24.1 Å². The van der Waals surface area contributed by atoms with Crippen LogP contribution in [0.3, 0.4) is 0 Å². The zero-order valence-electron chi connectivity index (χ0n) is 13.8. The molecule has 140 valence electrons. The number of hydrogen-bond acceptors (Lipinski definition) is 4. The van der Waals surface area contributed by atoms with Crippen molar-refractivity contribution in [1.29, 1.82) is 0 Å². The van der Waals surface area contributed by atoms with Crippen LogP contribution in [0.5, 0.6) is 0 Å². The van der Waals surface area contributed by atoms with E-state index in [9.17, 15) is 18.0 Å². The zero-order chi connectivity index (χ0) is 17.3. The van der Waals surface area contributed by atoms with Crippen molar-refractivity contribution in [2.24, 2.45) is 11.8 Å². The van der Waals surface area contributed by atoms with Gasteiger partial charge in [-0.25, -0.2) is 4.98 Å². The summed E-state index contributed by atoms with van der Waals surface area (Å²) < 4.78 is 44.5. The summed E-state index contributed by atoms with van der Waals surface area (Å²) in [5.74, 6) is 0.306. The molecule has 0 spiro atoms. The maximum absolute atomic E-state index is 13.2. The third-order valence-electron chi connectivity index (χ3n) is 4.61. The molecule has 0 bridgehead atoms. The highest BCUT2D eigenvalue weighted by molar-refractivity contribution is 5.85. The number of anilines is 1. The number of aromatic nitrogens is 1. The summed E-state index contributed by atoms with van der Waals surface area (Å²) in [7, 11) is 1.43. The predicted octanol–water partition coefficient (Wildman–Crippen LogP) is 2.50. The molecule has 9 heteroatoms. The molecule has 2 atom stereocenters. The van der Waals surface area contributed by atoms with Crippen LogP contribution in [0.2, 0.25) is 0 Å². The predicted molar refractivity (Wildman–Crippen MR) is 88.7 cm³/mol. The molecule has 1 aliphatic heterocycles. The van der Waals surface area contributed by atoms with E-state index in [-0.39, 0.29) is 42.7 Å². The van der Waals surface area contributed by atoms with Crippen LogP contribution >= 0.6 is 12.4 Å². The lowest BCUT2D eigenvalue weighted by atomic mass is 9.98. The fourth-order valence-corrected chi connectivity index (χ4v) is 3.41. The number of carbonyl (C=O) groups is 1. The molecule has 1 saturated carbocycles. The molecule has 0 aromatic carbocycles. The number of hydrogen-bond donors (Lipinski definition) is 1. The first-order valence-electron chi connectivity index (χ1n) is 7.95. The van der Waals surface area contributed by atoms with Gasteiger partial charge in [-0.3, -0.25) is 4.79 Å². The Hall–Kier alpha value is -1.54. The highest BCUT2D eigenvalue weighted by Crippen LogP contribution is 2.44. The number of rotatable bonds is 5. The lowest BCUT2D eigenvalue weighted by Crippen LogP contribution is -2.42. The molecule has 1 amide bonds. The minimum Gasteiger partial charge on any atom is -0.375 e. The highest BCUT2D eigenvalue weighted by atomic mass is 35.5. The number of alkyl halides is 3. The molecule has 3 rings (SSSR count). The van der Waals surface area contributed by atoms with Gasteiger partial charge in [0.15, 0.2) is 0 Å². The molecule has 2 heterocycles. The standard InChI is InChI=1S/C16H20F3N3O2.ClH/c1-24-9-14(23)21-13-8-22(7-11(13)10-4-5-10)15-12(16(17,18)19)3-2-6-20-15;/h2-3,6,10-11,13H,4-5,7-9H2,1H3,(H,21,23);1H/t11-,13+;/m1./s1. The quantitative estimate of drug-likeness (QED) is 0.854. The topological polar surface area (TPSA) is 54.5 Å². The number of pyridine rings is 1. The molecule has 25 heavy (non-hydrogen) atoms. The second-order valence-electron chi connectivity index (χ2n) is 6.39. The highest BCUT2D eigenvalue weighted by Gasteiger charge is 2.45. The van der Waals surface area contributed by atoms with E-state index in [1.54, 1.807) is 4.90 Å². The number of amides is 1. The average molecular weight is 380 g/mol. The van der Waals surface area contributed by atoms with Crippen molar-refractivity contribution in [3.8, 4) is 0 Å². The number of carbonyl (C=O) groups excluding carboxylic acids is 1. The molecule has 1 aromatic rings. The lowest BCUT2D eigenvalue weighted by Gasteiger charge is -2.21. The SMILES string of the molecule is COCC(=O)N[C@H]1CN(c2ncccc2C(F)(F)F)C[C@@H]1C1CC1.Cl. The number of ether oxygens (including phenoxy) is 1. The summed E-state index contributed by atoms with van der Waals surface area (Å²) in [6, 6.07) is 2.16. The Bertz CT molecular complexity index is 611. The van der Waals surface area contributed by atoms with Gasteiger partial charge in [-0.1, -0.05) is 0 Å². The molecule has 5 nitrogen and oxygen atoms in total. The van der Waals surface area contributed by atoms with Crippen molar-refractivity contribution in [3.05, 3.63) is 23.9 Å². The molecule has 1 aromatic heterocycles. The van der Waals surface area contributed by atoms with Crippen LogP contribution in [0.25, 0.3) is 0 Å². The van der Waals surface area contributed by atoms with E-state index in [0.717, 1.165) is 18.9 Å². The molecule has 1 N–H and O–H groups in total. The van der Waals surface area contributed by atoms with E-state index >= 15 is 0 Å². The Balaban J connectivity index is 0.00000225. The molecular formula is C16H21ClF3N3O2. The van der Waals surface area contributed by atoms with Gasteiger partial charge < -0.3 is 15.0 Å². The van der Waals surface area contributed by atoms with E-state index < -0.39 is 11.7 Å². The third kappa shape index (κ3) is 4.55. The van der Waals surface area contributed by atoms with Crippen LogP contribution in [0.1, 0.15) is 18.4 Å². The first-order chi connectivity index (χ1) is 11.4. The Morgan fingerprint density at radius 1 is 1.40 bits per heavy atom. The first kappa shape index (κ1) is 19.8. The van der Waals surface area contributed by atoms with Crippen molar-refractivity contribution < 1.29 is 22.7 Å². The smallest absolute Gasteiger partial charge is 0.375 e. The van der Waals surface area contributed by atoms with Crippen LogP contribution in [0, 0.1) is 11.8 Å². The fraction of sp³-hybridized carbons (Fsp3) is 0.625. The zero-order valence-corrected chi connectivity index (χ0v) is 14.6. The van der Waals surface area contributed by atoms with E-state index in [0.29, 0.717) is 19.0 Å². The van der Waals surface area contributed by atoms with Gasteiger partial charge in [-0.2, -0.15) is 13.2 Å². The number of nitrogens with zero attached hydrogens (tertiary/aromatic N) is 2.